The lowest BCUT2D eigenvalue weighted by Gasteiger charge is -2.04. The van der Waals surface area contributed by atoms with Crippen molar-refractivity contribution in [1.82, 2.24) is 5.32 Å². The third-order valence-electron chi connectivity index (χ3n) is 2.26. The van der Waals surface area contributed by atoms with E-state index >= 15 is 0 Å². The Morgan fingerprint density at radius 1 is 1.27 bits per heavy atom. The van der Waals surface area contributed by atoms with Gasteiger partial charge in [-0.05, 0) is 5.56 Å². The topological polar surface area (TPSA) is 72.2 Å². The summed E-state index contributed by atoms with van der Waals surface area (Å²) in [6.07, 6.45) is 0.0690. The first kappa shape index (κ1) is 9.45. The fraction of sp³-hybridized carbons (Fsp3) is 0.0909. The van der Waals surface area contributed by atoms with Crippen LogP contribution in [0.5, 0.6) is 0 Å². The van der Waals surface area contributed by atoms with Crippen molar-refractivity contribution in [3.63, 3.8) is 0 Å². The molecule has 2 rings (SSSR count). The molecule has 0 saturated heterocycles. The molecule has 1 aromatic carbocycles. The third kappa shape index (κ3) is 1.74. The number of benzene rings is 1. The van der Waals surface area contributed by atoms with Crippen molar-refractivity contribution < 1.29 is 9.59 Å². The number of primary amides is 1. The van der Waals surface area contributed by atoms with E-state index in [1.165, 1.54) is 0 Å². The summed E-state index contributed by atoms with van der Waals surface area (Å²) in [6.45, 7) is 0. The molecule has 2 amide bonds. The summed E-state index contributed by atoms with van der Waals surface area (Å²) in [5.74, 6) is -0.741. The summed E-state index contributed by atoms with van der Waals surface area (Å²) < 4.78 is 0. The molecular formula is C11H10N2O2. The average Bonchev–Trinajstić information content (AvgIpc) is 2.62. The molecule has 0 spiro atoms. The van der Waals surface area contributed by atoms with Gasteiger partial charge in [0.05, 0.1) is 17.7 Å². The Balaban J connectivity index is 2.46. The highest BCUT2D eigenvalue weighted by Crippen LogP contribution is 2.23. The van der Waals surface area contributed by atoms with Crippen LogP contribution in [0.2, 0.25) is 0 Å². The number of hydrogen-bond acceptors (Lipinski definition) is 2. The van der Waals surface area contributed by atoms with Crippen LogP contribution in [0.15, 0.2) is 35.9 Å². The predicted octanol–water partition coefficient (Wildman–Crippen LogP) is 0.403. The molecular weight excluding hydrogens is 192 g/mol. The monoisotopic (exact) mass is 202 g/mol. The van der Waals surface area contributed by atoms with Gasteiger partial charge in [0.25, 0.3) is 0 Å². The first-order chi connectivity index (χ1) is 7.18. The Hall–Kier alpha value is -2.10. The second kappa shape index (κ2) is 3.57. The van der Waals surface area contributed by atoms with E-state index in [1.807, 2.05) is 30.3 Å². The normalized spacial score (nSPS) is 15.3. The number of carbonyl (C=O) groups is 2. The van der Waals surface area contributed by atoms with Crippen molar-refractivity contribution >= 4 is 17.5 Å². The first-order valence-electron chi connectivity index (χ1n) is 4.56. The standard InChI is InChI=1S/C11H10N2O2/c12-11(15)8-6-9(14)13-10(8)7-4-2-1-3-5-7/h1-5H,6H2,(H2,12,15)(H,13,14). The number of amides is 2. The zero-order chi connectivity index (χ0) is 10.8. The van der Waals surface area contributed by atoms with Crippen molar-refractivity contribution in [2.45, 2.75) is 6.42 Å². The molecule has 1 aromatic rings. The van der Waals surface area contributed by atoms with Gasteiger partial charge in [0.1, 0.15) is 0 Å². The van der Waals surface area contributed by atoms with Crippen LogP contribution in [0, 0.1) is 0 Å². The molecule has 3 N–H and O–H groups in total. The Bertz CT molecular complexity index is 449. The average molecular weight is 202 g/mol. The summed E-state index contributed by atoms with van der Waals surface area (Å²) in [6, 6.07) is 9.19. The van der Waals surface area contributed by atoms with Crippen molar-refractivity contribution in [3.8, 4) is 0 Å². The van der Waals surface area contributed by atoms with Crippen LogP contribution in [-0.4, -0.2) is 11.8 Å². The van der Waals surface area contributed by atoms with E-state index in [-0.39, 0.29) is 12.3 Å². The van der Waals surface area contributed by atoms with Crippen LogP contribution >= 0.6 is 0 Å². The Labute approximate surface area is 86.8 Å². The summed E-state index contributed by atoms with van der Waals surface area (Å²) in [5.41, 5.74) is 6.89. The summed E-state index contributed by atoms with van der Waals surface area (Å²) >= 11 is 0. The van der Waals surface area contributed by atoms with Gasteiger partial charge in [0, 0.05) is 0 Å². The highest BCUT2D eigenvalue weighted by molar-refractivity contribution is 6.10. The van der Waals surface area contributed by atoms with Gasteiger partial charge in [-0.25, -0.2) is 0 Å². The van der Waals surface area contributed by atoms with E-state index in [4.69, 9.17) is 5.73 Å². The second-order valence-corrected chi connectivity index (χ2v) is 3.31. The SMILES string of the molecule is NC(=O)C1=C(c2ccccc2)NC(=O)C1. The maximum Gasteiger partial charge on any atom is 0.247 e. The third-order valence-corrected chi connectivity index (χ3v) is 2.26. The van der Waals surface area contributed by atoms with Crippen molar-refractivity contribution in [1.29, 1.82) is 0 Å². The van der Waals surface area contributed by atoms with Gasteiger partial charge in [-0.15, -0.1) is 0 Å². The minimum atomic E-state index is -0.549. The van der Waals surface area contributed by atoms with Gasteiger partial charge in [-0.1, -0.05) is 30.3 Å². The van der Waals surface area contributed by atoms with Crippen LogP contribution in [-0.2, 0) is 9.59 Å². The molecule has 4 heteroatoms. The van der Waals surface area contributed by atoms with Gasteiger partial charge >= 0.3 is 0 Å². The van der Waals surface area contributed by atoms with Crippen LogP contribution in [0.1, 0.15) is 12.0 Å². The minimum Gasteiger partial charge on any atom is -0.366 e. The number of rotatable bonds is 2. The summed E-state index contributed by atoms with van der Waals surface area (Å²) in [4.78, 5) is 22.3. The minimum absolute atomic E-state index is 0.0690. The van der Waals surface area contributed by atoms with Crippen LogP contribution in [0.4, 0.5) is 0 Å². The zero-order valence-electron chi connectivity index (χ0n) is 7.99. The molecule has 0 aliphatic carbocycles. The molecule has 0 atom stereocenters. The van der Waals surface area contributed by atoms with Crippen molar-refractivity contribution in [2.75, 3.05) is 0 Å². The maximum atomic E-state index is 11.2. The zero-order valence-corrected chi connectivity index (χ0v) is 7.99. The molecule has 0 unspecified atom stereocenters. The lowest BCUT2D eigenvalue weighted by molar-refractivity contribution is -0.120. The van der Waals surface area contributed by atoms with Gasteiger partial charge in [0.2, 0.25) is 11.8 Å². The lowest BCUT2D eigenvalue weighted by atomic mass is 10.1. The fourth-order valence-corrected chi connectivity index (χ4v) is 1.57. The number of nitrogens with one attached hydrogen (secondary N) is 1. The van der Waals surface area contributed by atoms with E-state index in [0.717, 1.165) is 5.56 Å². The molecule has 0 radical (unpaired) electrons. The molecule has 76 valence electrons. The van der Waals surface area contributed by atoms with E-state index in [1.54, 1.807) is 0 Å². The quantitative estimate of drug-likeness (QED) is 0.728. The highest BCUT2D eigenvalue weighted by atomic mass is 16.2. The largest absolute Gasteiger partial charge is 0.366 e. The Morgan fingerprint density at radius 2 is 1.93 bits per heavy atom. The first-order valence-corrected chi connectivity index (χ1v) is 4.56. The van der Waals surface area contributed by atoms with Gasteiger partial charge < -0.3 is 11.1 Å². The fourth-order valence-electron chi connectivity index (χ4n) is 1.57. The Kier molecular flexibility index (Phi) is 2.25. The van der Waals surface area contributed by atoms with Crippen molar-refractivity contribution in [2.24, 2.45) is 5.73 Å². The molecule has 0 bridgehead atoms. The van der Waals surface area contributed by atoms with Crippen LogP contribution in [0.3, 0.4) is 0 Å². The van der Waals surface area contributed by atoms with Crippen molar-refractivity contribution in [3.05, 3.63) is 41.5 Å². The summed E-state index contributed by atoms with van der Waals surface area (Å²) in [7, 11) is 0. The molecule has 1 heterocycles. The van der Waals surface area contributed by atoms with E-state index in [9.17, 15) is 9.59 Å². The molecule has 0 fully saturated rings. The van der Waals surface area contributed by atoms with Gasteiger partial charge in [-0.3, -0.25) is 9.59 Å². The Morgan fingerprint density at radius 3 is 2.53 bits per heavy atom. The van der Waals surface area contributed by atoms with E-state index < -0.39 is 5.91 Å². The lowest BCUT2D eigenvalue weighted by Crippen LogP contribution is -2.14. The molecule has 15 heavy (non-hydrogen) atoms. The maximum absolute atomic E-state index is 11.2. The number of nitrogens with two attached hydrogens (primary N) is 1. The predicted molar refractivity (Wildman–Crippen MR) is 55.3 cm³/mol. The van der Waals surface area contributed by atoms with E-state index in [0.29, 0.717) is 11.3 Å². The summed E-state index contributed by atoms with van der Waals surface area (Å²) in [5, 5.41) is 2.64. The van der Waals surface area contributed by atoms with E-state index in [2.05, 4.69) is 5.32 Å². The smallest absolute Gasteiger partial charge is 0.247 e. The molecule has 0 saturated carbocycles. The number of carbonyl (C=O) groups excluding carboxylic acids is 2. The van der Waals surface area contributed by atoms with Gasteiger partial charge in [-0.2, -0.15) is 0 Å². The molecule has 1 aliphatic rings. The second-order valence-electron chi connectivity index (χ2n) is 3.31. The van der Waals surface area contributed by atoms with Gasteiger partial charge in [0.15, 0.2) is 0 Å². The molecule has 1 aliphatic heterocycles. The molecule has 4 nitrogen and oxygen atoms in total. The van der Waals surface area contributed by atoms with Crippen LogP contribution < -0.4 is 11.1 Å². The highest BCUT2D eigenvalue weighted by Gasteiger charge is 2.25. The number of hydrogen-bond donors (Lipinski definition) is 2. The molecule has 0 aromatic heterocycles. The van der Waals surface area contributed by atoms with Crippen LogP contribution in [0.25, 0.3) is 5.70 Å².